The zero-order valence-electron chi connectivity index (χ0n) is 3.52. The van der Waals surface area contributed by atoms with Crippen molar-refractivity contribution in [1.82, 2.24) is 0 Å². The van der Waals surface area contributed by atoms with Crippen molar-refractivity contribution in [1.29, 1.82) is 0 Å². The number of hydrogen-bond acceptors (Lipinski definition) is 1. The third-order valence-corrected chi connectivity index (χ3v) is 4.41. The average Bonchev–Trinajstić information content (AvgIpc) is 2.14. The van der Waals surface area contributed by atoms with E-state index in [2.05, 4.69) is 30.6 Å². The zero-order valence-corrected chi connectivity index (χ0v) is 8.02. The fourth-order valence-electron chi connectivity index (χ4n) is 0.357. The molecule has 0 aliphatic carbocycles. The minimum atomic E-state index is 0.193. The number of hydrogen-bond donors (Lipinski definition) is 0. The summed E-state index contributed by atoms with van der Waals surface area (Å²) in [6, 6.07) is 0. The third kappa shape index (κ3) is 1.67. The van der Waals surface area contributed by atoms with Gasteiger partial charge in [-0.2, -0.15) is 0 Å². The van der Waals surface area contributed by atoms with Crippen LogP contribution in [0.4, 0.5) is 0 Å². The van der Waals surface area contributed by atoms with Crippen molar-refractivity contribution in [2.45, 2.75) is 0 Å². The predicted octanol–water partition coefficient (Wildman–Crippen LogP) is 1.83. The molecule has 0 bridgehead atoms. The van der Waals surface area contributed by atoms with Gasteiger partial charge in [-0.3, -0.25) is 0 Å². The molecule has 1 atom stereocenters. The Morgan fingerprint density at radius 3 is 2.86 bits per heavy atom. The second-order valence-electron chi connectivity index (χ2n) is 1.12. The number of allylic oxidation sites excluding steroid dienone is 1. The summed E-state index contributed by atoms with van der Waals surface area (Å²) in [6.45, 7) is 0. The molecule has 3 heteroatoms. The van der Waals surface area contributed by atoms with Crippen LogP contribution in [0.3, 0.4) is 0 Å². The zero-order chi connectivity index (χ0) is 5.11. The first kappa shape index (κ1) is 6.00. The molecule has 0 radical (unpaired) electrons. The van der Waals surface area contributed by atoms with Crippen LogP contribution in [0.1, 0.15) is 0 Å². The Morgan fingerprint density at radius 2 is 2.57 bits per heavy atom. The molecule has 7 heavy (non-hydrogen) atoms. The van der Waals surface area contributed by atoms with Gasteiger partial charge in [0.05, 0.1) is 0 Å². The van der Waals surface area contributed by atoms with Crippen LogP contribution >= 0.6 is 25.0 Å². The fourth-order valence-corrected chi connectivity index (χ4v) is 4.52. The quantitative estimate of drug-likeness (QED) is 0.629. The summed E-state index contributed by atoms with van der Waals surface area (Å²) in [5.41, 5.74) is 0. The van der Waals surface area contributed by atoms with E-state index < -0.39 is 0 Å². The molecular weight excluding hydrogens is 235 g/mol. The van der Waals surface area contributed by atoms with Crippen molar-refractivity contribution in [3.8, 4) is 0 Å². The maximum absolute atomic E-state index is 3.29. The van der Waals surface area contributed by atoms with Crippen molar-refractivity contribution in [2.24, 2.45) is 0 Å². The molecule has 0 fully saturated rings. The molecule has 0 saturated carbocycles. The van der Waals surface area contributed by atoms with E-state index in [0.717, 1.165) is 0 Å². The van der Waals surface area contributed by atoms with Gasteiger partial charge in [-0.25, -0.2) is 0 Å². The van der Waals surface area contributed by atoms with E-state index in [1.165, 1.54) is 4.91 Å². The number of rotatable bonds is 1. The summed E-state index contributed by atoms with van der Waals surface area (Å²) < 4.78 is 0. The van der Waals surface area contributed by atoms with E-state index in [0.29, 0.717) is 0 Å². The molecule has 0 aromatic heterocycles. The second-order valence-corrected chi connectivity index (χ2v) is 4.73. The Balaban J connectivity index is 2.52. The second kappa shape index (κ2) is 3.01. The van der Waals surface area contributed by atoms with Crippen molar-refractivity contribution < 1.29 is 0 Å². The van der Waals surface area contributed by atoms with Crippen LogP contribution in [0.2, 0.25) is 0 Å². The molecule has 0 N–H and O–H groups in total. The Kier molecular flexibility index (Phi) is 2.58. The van der Waals surface area contributed by atoms with Crippen molar-refractivity contribution in [2.75, 3.05) is 0 Å². The van der Waals surface area contributed by atoms with Gasteiger partial charge in [0.25, 0.3) is 0 Å². The predicted molar refractivity (Wildman–Crippen MR) is 40.9 cm³/mol. The molecule has 0 saturated heterocycles. The van der Waals surface area contributed by atoms with Crippen LogP contribution in [0.5, 0.6) is 0 Å². The Bertz CT molecular complexity index is 119. The summed E-state index contributed by atoms with van der Waals surface area (Å²) in [7, 11) is 1.65. The Hall–Kier alpha value is 0.868. The van der Waals surface area contributed by atoms with Crippen molar-refractivity contribution in [3.63, 3.8) is 0 Å². The standard InChI is InChI=1S/C4H4AsBrS/c6-7-4-1-2-5-3-4/h1-3,5H. The van der Waals surface area contributed by atoms with Gasteiger partial charge in [0, 0.05) is 0 Å². The van der Waals surface area contributed by atoms with E-state index in [-0.39, 0.29) is 15.8 Å². The molecule has 0 aromatic carbocycles. The SMILES string of the molecule is BrSC1=C[AsH]C=C1. The summed E-state index contributed by atoms with van der Waals surface area (Å²) in [5, 5.41) is 0. The summed E-state index contributed by atoms with van der Waals surface area (Å²) in [4.78, 5) is 5.95. The topological polar surface area (TPSA) is 0 Å². The molecule has 1 aliphatic rings. The molecule has 38 valence electrons. The van der Waals surface area contributed by atoms with Crippen LogP contribution in [0.15, 0.2) is 20.7 Å². The van der Waals surface area contributed by atoms with Gasteiger partial charge in [0.1, 0.15) is 0 Å². The first-order chi connectivity index (χ1) is 3.43. The first-order valence-electron chi connectivity index (χ1n) is 1.85. The normalized spacial score (nSPS) is 21.0. The molecule has 1 rings (SSSR count). The van der Waals surface area contributed by atoms with Gasteiger partial charge in [-0.05, 0) is 0 Å². The van der Waals surface area contributed by atoms with Crippen LogP contribution in [-0.2, 0) is 0 Å². The Morgan fingerprint density at radius 1 is 1.71 bits per heavy atom. The summed E-state index contributed by atoms with van der Waals surface area (Å²) in [6.07, 6.45) is 2.17. The van der Waals surface area contributed by atoms with E-state index in [9.17, 15) is 0 Å². The molecule has 0 aromatic rings. The van der Waals surface area contributed by atoms with Crippen molar-refractivity contribution >= 4 is 40.8 Å². The van der Waals surface area contributed by atoms with Gasteiger partial charge >= 0.3 is 61.5 Å². The summed E-state index contributed by atoms with van der Waals surface area (Å²) >= 11 is 3.49. The molecule has 1 heterocycles. The van der Waals surface area contributed by atoms with Gasteiger partial charge < -0.3 is 0 Å². The van der Waals surface area contributed by atoms with Crippen molar-refractivity contribution in [3.05, 3.63) is 20.7 Å². The third-order valence-electron chi connectivity index (χ3n) is 0.659. The first-order valence-corrected chi connectivity index (χ1v) is 6.93. The Labute approximate surface area is 61.3 Å². The minimum absolute atomic E-state index is 0.193. The monoisotopic (exact) mass is 238 g/mol. The number of halogens is 1. The van der Waals surface area contributed by atoms with Gasteiger partial charge in [-0.1, -0.05) is 0 Å². The molecular formula is C4H4AsBrS. The van der Waals surface area contributed by atoms with Crippen LogP contribution in [-0.4, -0.2) is 15.8 Å². The molecule has 0 amide bonds. The fraction of sp³-hybridized carbons (Fsp3) is 0. The average molecular weight is 239 g/mol. The van der Waals surface area contributed by atoms with Crippen LogP contribution in [0.25, 0.3) is 0 Å². The molecule has 1 aliphatic heterocycles. The molecule has 0 nitrogen and oxygen atoms in total. The van der Waals surface area contributed by atoms with Gasteiger partial charge in [-0.15, -0.1) is 0 Å². The van der Waals surface area contributed by atoms with E-state index in [1.807, 2.05) is 0 Å². The summed E-state index contributed by atoms with van der Waals surface area (Å²) in [5.74, 6) is 0. The van der Waals surface area contributed by atoms with Crippen LogP contribution in [0, 0.1) is 0 Å². The van der Waals surface area contributed by atoms with E-state index in [1.54, 1.807) is 10.2 Å². The maximum atomic E-state index is 3.29. The van der Waals surface area contributed by atoms with E-state index in [4.69, 9.17) is 0 Å². The van der Waals surface area contributed by atoms with Gasteiger partial charge in [0.15, 0.2) is 0 Å². The van der Waals surface area contributed by atoms with Gasteiger partial charge in [0.2, 0.25) is 0 Å². The van der Waals surface area contributed by atoms with Crippen LogP contribution < -0.4 is 0 Å². The molecule has 0 spiro atoms. The molecule has 1 unspecified atom stereocenters. The van der Waals surface area contributed by atoms with E-state index >= 15 is 0 Å².